The molecule has 1 aromatic carbocycles. The van der Waals surface area contributed by atoms with Gasteiger partial charge in [0.2, 0.25) is 11.8 Å². The van der Waals surface area contributed by atoms with Crippen LogP contribution in [0.3, 0.4) is 0 Å². The monoisotopic (exact) mass is 418 g/mol. The third-order valence-corrected chi connectivity index (χ3v) is 6.92. The lowest BCUT2D eigenvalue weighted by atomic mass is 10.0. The van der Waals surface area contributed by atoms with Crippen molar-refractivity contribution >= 4 is 17.7 Å². The number of nitrogens with one attached hydrogen (secondary N) is 3. The summed E-state index contributed by atoms with van der Waals surface area (Å²) in [7, 11) is 0. The number of rotatable bonds is 5. The van der Waals surface area contributed by atoms with Crippen molar-refractivity contribution in [3.05, 3.63) is 34.9 Å². The van der Waals surface area contributed by atoms with Crippen molar-refractivity contribution in [2.24, 2.45) is 5.41 Å². The first-order chi connectivity index (χ1) is 14.3. The zero-order chi connectivity index (χ0) is 21.1. The molecule has 3 aliphatic heterocycles. The molecule has 4 aliphatic rings. The molecule has 3 heterocycles. The fourth-order valence-corrected chi connectivity index (χ4v) is 5.11. The molecule has 3 fully saturated rings. The molecular formula is C21H24F2N4O3. The highest BCUT2D eigenvalue weighted by molar-refractivity contribution is 6.05. The standard InChI is InChI=1S/C21H24F2N4O3/c22-21(23)10-20(21)6-14(25-11-20)8-24-7-12-2-1-3-13-9-27(19(30)17(12)13)15-4-5-16(28)26-18(15)29/h1-3,14-15,24-25H,4-11H2,(H,26,28,29). The van der Waals surface area contributed by atoms with Crippen LogP contribution < -0.4 is 16.0 Å². The van der Waals surface area contributed by atoms with Crippen molar-refractivity contribution in [1.82, 2.24) is 20.9 Å². The van der Waals surface area contributed by atoms with Gasteiger partial charge in [-0.05, 0) is 24.0 Å². The molecule has 1 aliphatic carbocycles. The minimum Gasteiger partial charge on any atom is -0.322 e. The van der Waals surface area contributed by atoms with Gasteiger partial charge in [-0.1, -0.05) is 18.2 Å². The van der Waals surface area contributed by atoms with E-state index in [9.17, 15) is 23.2 Å². The molecule has 2 saturated heterocycles. The number of benzene rings is 1. The van der Waals surface area contributed by atoms with E-state index in [1.165, 1.54) is 4.90 Å². The SMILES string of the molecule is O=C1CCC(N2Cc3cccc(CNCC4CC5(CN4)CC5(F)F)c3C2=O)C(=O)N1. The van der Waals surface area contributed by atoms with Gasteiger partial charge in [0.25, 0.3) is 11.8 Å². The van der Waals surface area contributed by atoms with Crippen LogP contribution in [-0.4, -0.2) is 53.7 Å². The molecule has 7 nitrogen and oxygen atoms in total. The Morgan fingerprint density at radius 3 is 2.73 bits per heavy atom. The van der Waals surface area contributed by atoms with Crippen LogP contribution in [0.25, 0.3) is 0 Å². The summed E-state index contributed by atoms with van der Waals surface area (Å²) in [5, 5.41) is 8.78. The second-order valence-electron chi connectivity index (χ2n) is 8.93. The molecule has 0 aromatic heterocycles. The van der Waals surface area contributed by atoms with Crippen LogP contribution in [0.1, 0.15) is 47.2 Å². The van der Waals surface area contributed by atoms with Gasteiger partial charge in [-0.3, -0.25) is 19.7 Å². The summed E-state index contributed by atoms with van der Waals surface area (Å²) in [5.41, 5.74) is 1.43. The minimum atomic E-state index is -2.54. The van der Waals surface area contributed by atoms with E-state index < -0.39 is 23.3 Å². The quantitative estimate of drug-likeness (QED) is 0.619. The molecular weight excluding hydrogens is 394 g/mol. The van der Waals surface area contributed by atoms with E-state index in [4.69, 9.17) is 0 Å². The Bertz CT molecular complexity index is 937. The molecule has 0 radical (unpaired) electrons. The molecule has 1 aromatic rings. The third kappa shape index (κ3) is 3.11. The first-order valence-corrected chi connectivity index (χ1v) is 10.4. The van der Waals surface area contributed by atoms with Crippen LogP contribution >= 0.6 is 0 Å². The van der Waals surface area contributed by atoms with Crippen molar-refractivity contribution in [1.29, 1.82) is 0 Å². The number of fused-ring (bicyclic) bond motifs is 1. The summed E-state index contributed by atoms with van der Waals surface area (Å²) < 4.78 is 27.1. The first kappa shape index (κ1) is 19.6. The Hall–Kier alpha value is -2.39. The molecule has 0 bridgehead atoms. The average Bonchev–Trinajstić information content (AvgIpc) is 2.99. The summed E-state index contributed by atoms with van der Waals surface area (Å²) in [6.45, 7) is 1.69. The van der Waals surface area contributed by atoms with Crippen LogP contribution in [0.4, 0.5) is 8.78 Å². The second-order valence-corrected chi connectivity index (χ2v) is 8.93. The highest BCUT2D eigenvalue weighted by Crippen LogP contribution is 2.64. The van der Waals surface area contributed by atoms with E-state index in [-0.39, 0.29) is 30.7 Å². The number of amides is 3. The first-order valence-electron chi connectivity index (χ1n) is 10.4. The lowest BCUT2D eigenvalue weighted by Gasteiger charge is -2.29. The third-order valence-electron chi connectivity index (χ3n) is 6.92. The average molecular weight is 418 g/mol. The summed E-state index contributed by atoms with van der Waals surface area (Å²) in [5.74, 6) is -3.48. The number of piperidine rings is 1. The number of halogens is 2. The van der Waals surface area contributed by atoms with Gasteiger partial charge in [-0.15, -0.1) is 0 Å². The van der Waals surface area contributed by atoms with Crippen LogP contribution in [0.5, 0.6) is 0 Å². The Labute approximate surface area is 172 Å². The van der Waals surface area contributed by atoms with E-state index >= 15 is 0 Å². The molecule has 5 rings (SSSR count). The highest BCUT2D eigenvalue weighted by atomic mass is 19.3. The van der Waals surface area contributed by atoms with Crippen molar-refractivity contribution in [2.45, 2.75) is 56.8 Å². The number of carbonyl (C=O) groups excluding carboxylic acids is 3. The van der Waals surface area contributed by atoms with Crippen molar-refractivity contribution in [3.63, 3.8) is 0 Å². The maximum Gasteiger partial charge on any atom is 0.255 e. The smallest absolute Gasteiger partial charge is 0.255 e. The topological polar surface area (TPSA) is 90.5 Å². The number of nitrogens with zero attached hydrogens (tertiary/aromatic N) is 1. The normalized spacial score (nSPS) is 31.9. The second kappa shape index (κ2) is 6.81. The Morgan fingerprint density at radius 1 is 1.23 bits per heavy atom. The van der Waals surface area contributed by atoms with Crippen molar-refractivity contribution in [2.75, 3.05) is 13.1 Å². The summed E-state index contributed by atoms with van der Waals surface area (Å²) >= 11 is 0. The van der Waals surface area contributed by atoms with E-state index in [1.54, 1.807) is 0 Å². The zero-order valence-electron chi connectivity index (χ0n) is 16.5. The van der Waals surface area contributed by atoms with Gasteiger partial charge in [-0.25, -0.2) is 8.78 Å². The molecule has 3 unspecified atom stereocenters. The van der Waals surface area contributed by atoms with Gasteiger partial charge >= 0.3 is 0 Å². The van der Waals surface area contributed by atoms with Crippen LogP contribution in [-0.2, 0) is 22.7 Å². The maximum absolute atomic E-state index is 13.5. The number of hydrogen-bond donors (Lipinski definition) is 3. The Balaban J connectivity index is 1.22. The molecule has 1 spiro atoms. The van der Waals surface area contributed by atoms with Gasteiger partial charge in [-0.2, -0.15) is 0 Å². The molecule has 3 N–H and O–H groups in total. The summed E-state index contributed by atoms with van der Waals surface area (Å²) in [6, 6.07) is 4.98. The number of carbonyl (C=O) groups is 3. The van der Waals surface area contributed by atoms with Crippen molar-refractivity contribution in [3.8, 4) is 0 Å². The zero-order valence-corrected chi connectivity index (χ0v) is 16.5. The van der Waals surface area contributed by atoms with E-state index in [0.717, 1.165) is 11.1 Å². The Morgan fingerprint density at radius 2 is 2.03 bits per heavy atom. The van der Waals surface area contributed by atoms with Crippen LogP contribution in [0.15, 0.2) is 18.2 Å². The fraction of sp³-hybridized carbons (Fsp3) is 0.571. The van der Waals surface area contributed by atoms with Crippen LogP contribution in [0.2, 0.25) is 0 Å². The lowest BCUT2D eigenvalue weighted by molar-refractivity contribution is -0.136. The number of imide groups is 1. The van der Waals surface area contributed by atoms with Crippen LogP contribution in [0, 0.1) is 5.41 Å². The van der Waals surface area contributed by atoms with Gasteiger partial charge in [0, 0.05) is 50.6 Å². The predicted molar refractivity (Wildman–Crippen MR) is 103 cm³/mol. The minimum absolute atomic E-state index is 0.00851. The molecule has 1 saturated carbocycles. The molecule has 30 heavy (non-hydrogen) atoms. The molecule has 9 heteroatoms. The fourth-order valence-electron chi connectivity index (χ4n) is 5.11. The summed E-state index contributed by atoms with van der Waals surface area (Å²) in [6.07, 6.45) is 0.986. The van der Waals surface area contributed by atoms with Gasteiger partial charge < -0.3 is 15.5 Å². The largest absolute Gasteiger partial charge is 0.322 e. The molecule has 160 valence electrons. The molecule has 3 atom stereocenters. The van der Waals surface area contributed by atoms with Crippen molar-refractivity contribution < 1.29 is 23.2 Å². The highest BCUT2D eigenvalue weighted by Gasteiger charge is 2.72. The van der Waals surface area contributed by atoms with Gasteiger partial charge in [0.1, 0.15) is 6.04 Å². The van der Waals surface area contributed by atoms with Gasteiger partial charge in [0.15, 0.2) is 0 Å². The van der Waals surface area contributed by atoms with Gasteiger partial charge in [0.05, 0.1) is 5.41 Å². The Kier molecular flexibility index (Phi) is 4.44. The van der Waals surface area contributed by atoms with E-state index in [1.807, 2.05) is 18.2 Å². The predicted octanol–water partition coefficient (Wildman–Crippen LogP) is 0.925. The number of hydrogen-bond acceptors (Lipinski definition) is 5. The van der Waals surface area contributed by atoms with E-state index in [0.29, 0.717) is 44.6 Å². The maximum atomic E-state index is 13.5. The number of alkyl halides is 2. The summed E-state index contributed by atoms with van der Waals surface area (Å²) in [4.78, 5) is 38.2. The lowest BCUT2D eigenvalue weighted by Crippen LogP contribution is -2.52. The van der Waals surface area contributed by atoms with E-state index in [2.05, 4.69) is 16.0 Å². The molecule has 3 amide bonds.